The molecule has 2 aliphatic rings. The van der Waals surface area contributed by atoms with Gasteiger partial charge in [0.05, 0.1) is 28.7 Å². The first-order chi connectivity index (χ1) is 20.1. The fourth-order valence-corrected chi connectivity index (χ4v) is 6.22. The van der Waals surface area contributed by atoms with Crippen LogP contribution in [0.1, 0.15) is 33.1 Å². The third-order valence-corrected chi connectivity index (χ3v) is 8.97. The number of anilines is 2. The van der Waals surface area contributed by atoms with Crippen molar-refractivity contribution in [2.75, 3.05) is 35.9 Å². The highest BCUT2D eigenvalue weighted by molar-refractivity contribution is 7.92. The summed E-state index contributed by atoms with van der Waals surface area (Å²) in [5.41, 5.74) is -2.97. The number of carbonyl (C=O) groups excluding carboxylic acids is 2. The largest absolute Gasteiger partial charge is 0.484 e. The Hall–Kier alpha value is -3.30. The smallest absolute Gasteiger partial charge is 0.427 e. The molecule has 2 N–H and O–H groups in total. The molecule has 0 saturated carbocycles. The molecular formula is C27H30ClF4N3O7S. The summed E-state index contributed by atoms with van der Waals surface area (Å²) in [7, 11) is -4.42. The third kappa shape index (κ3) is 7.81. The topological polar surface area (TPSA) is 123 Å². The van der Waals surface area contributed by atoms with Gasteiger partial charge in [0.2, 0.25) is 11.5 Å². The molecule has 2 aromatic rings. The molecule has 2 aliphatic heterocycles. The Morgan fingerprint density at radius 2 is 1.91 bits per heavy atom. The van der Waals surface area contributed by atoms with E-state index in [-0.39, 0.29) is 53.4 Å². The first-order valence-electron chi connectivity index (χ1n) is 13.3. The highest BCUT2D eigenvalue weighted by Gasteiger charge is 2.51. The number of hydrogen-bond donors (Lipinski definition) is 2. The molecule has 0 bridgehead atoms. The molecule has 16 heteroatoms. The Kier molecular flexibility index (Phi) is 9.66. The van der Waals surface area contributed by atoms with Crippen molar-refractivity contribution in [1.82, 2.24) is 5.32 Å². The van der Waals surface area contributed by atoms with Crippen LogP contribution in [0.25, 0.3) is 0 Å². The summed E-state index contributed by atoms with van der Waals surface area (Å²) in [6.45, 7) is 2.12. The lowest BCUT2D eigenvalue weighted by Gasteiger charge is -2.36. The Bertz CT molecular complexity index is 1470. The summed E-state index contributed by atoms with van der Waals surface area (Å²) >= 11 is 5.84. The maximum Gasteiger partial charge on any atom is 0.427 e. The van der Waals surface area contributed by atoms with E-state index in [1.54, 1.807) is 0 Å². The number of sulfonamides is 1. The molecule has 236 valence electrons. The number of benzene rings is 2. The van der Waals surface area contributed by atoms with Crippen LogP contribution in [-0.2, 0) is 24.3 Å². The van der Waals surface area contributed by atoms with Crippen molar-refractivity contribution >= 4 is 45.0 Å². The Morgan fingerprint density at radius 3 is 2.56 bits per heavy atom. The number of rotatable bonds is 8. The number of fused-ring (bicyclic) bond motifs is 1. The lowest BCUT2D eigenvalue weighted by molar-refractivity contribution is -0.242. The van der Waals surface area contributed by atoms with E-state index in [1.165, 1.54) is 18.2 Å². The van der Waals surface area contributed by atoms with Crippen molar-refractivity contribution < 1.29 is 49.8 Å². The van der Waals surface area contributed by atoms with Gasteiger partial charge in [-0.2, -0.15) is 13.2 Å². The van der Waals surface area contributed by atoms with E-state index in [4.69, 9.17) is 21.1 Å². The second-order valence-electron chi connectivity index (χ2n) is 10.6. The minimum Gasteiger partial charge on any atom is -0.484 e. The summed E-state index contributed by atoms with van der Waals surface area (Å²) in [4.78, 5) is 24.5. The molecule has 1 fully saturated rings. The predicted molar refractivity (Wildman–Crippen MR) is 148 cm³/mol. The standard InChI is InChI=1S/C27H30ClF4N3O7S/c1-26(2,27(30,31)32)42-25(37)34-17-5-8-23-22(11-17)35(43(38,39)19-6-7-21(29)20(28)12-19)14-18(41-23)13-33-24(36)10-16-4-3-9-40-15-16/h5-8,11-12,16,18H,3-4,9-10,13-15H2,1-2H3,(H,33,36)(H,34,37)/t16?,18-/m0/s1. The maximum absolute atomic E-state index is 13.8. The van der Waals surface area contributed by atoms with Crippen LogP contribution in [0, 0.1) is 11.7 Å². The zero-order chi connectivity index (χ0) is 31.6. The van der Waals surface area contributed by atoms with Crippen LogP contribution in [0.2, 0.25) is 5.02 Å². The van der Waals surface area contributed by atoms with Gasteiger partial charge in [0.15, 0.2) is 0 Å². The normalized spacial score (nSPS) is 19.2. The molecule has 10 nitrogen and oxygen atoms in total. The second-order valence-corrected chi connectivity index (χ2v) is 12.9. The van der Waals surface area contributed by atoms with Gasteiger partial charge in [-0.3, -0.25) is 14.4 Å². The lowest BCUT2D eigenvalue weighted by atomic mass is 9.98. The summed E-state index contributed by atoms with van der Waals surface area (Å²) in [5.74, 6) is -0.984. The summed E-state index contributed by atoms with van der Waals surface area (Å²) in [6.07, 6.45) is -5.19. The molecule has 2 heterocycles. The molecule has 0 radical (unpaired) electrons. The molecule has 0 aliphatic carbocycles. The van der Waals surface area contributed by atoms with E-state index in [0.717, 1.165) is 35.3 Å². The summed E-state index contributed by atoms with van der Waals surface area (Å²) in [5, 5.41) is 4.48. The van der Waals surface area contributed by atoms with E-state index in [1.807, 2.05) is 0 Å². The SMILES string of the molecule is CC(C)(OC(=O)Nc1ccc2c(c1)N(S(=O)(=O)c1ccc(F)c(Cl)c1)C[C@H](CNC(=O)CC1CCCOC1)O2)C(F)(F)F. The first kappa shape index (κ1) is 32.6. The van der Waals surface area contributed by atoms with Crippen molar-refractivity contribution in [3.05, 3.63) is 47.2 Å². The quantitative estimate of drug-likeness (QED) is 0.374. The monoisotopic (exact) mass is 651 g/mol. The van der Waals surface area contributed by atoms with E-state index in [0.29, 0.717) is 27.1 Å². The van der Waals surface area contributed by atoms with Crippen LogP contribution in [0.4, 0.5) is 33.7 Å². The number of ether oxygens (including phenoxy) is 3. The number of amides is 2. The maximum atomic E-state index is 13.8. The average Bonchev–Trinajstić information content (AvgIpc) is 2.92. The van der Waals surface area contributed by atoms with Gasteiger partial charge in [-0.15, -0.1) is 0 Å². The van der Waals surface area contributed by atoms with Crippen molar-refractivity contribution in [2.24, 2.45) is 5.92 Å². The minimum absolute atomic E-state index is 0.0394. The predicted octanol–water partition coefficient (Wildman–Crippen LogP) is 5.26. The minimum atomic E-state index is -4.84. The molecule has 1 unspecified atom stereocenters. The number of halogens is 5. The Balaban J connectivity index is 1.58. The Labute approximate surface area is 250 Å². The van der Waals surface area contributed by atoms with Gasteiger partial charge >= 0.3 is 12.3 Å². The van der Waals surface area contributed by atoms with Gasteiger partial charge in [0, 0.05) is 25.3 Å². The van der Waals surface area contributed by atoms with E-state index >= 15 is 0 Å². The molecule has 2 amide bonds. The first-order valence-corrected chi connectivity index (χ1v) is 15.1. The molecule has 4 rings (SSSR count). The molecule has 2 aromatic carbocycles. The zero-order valence-electron chi connectivity index (χ0n) is 23.2. The van der Waals surface area contributed by atoms with Crippen LogP contribution in [0.3, 0.4) is 0 Å². The van der Waals surface area contributed by atoms with E-state index in [2.05, 4.69) is 15.4 Å². The van der Waals surface area contributed by atoms with Crippen molar-refractivity contribution in [2.45, 2.75) is 55.9 Å². The van der Waals surface area contributed by atoms with Crippen LogP contribution in [0.5, 0.6) is 5.75 Å². The van der Waals surface area contributed by atoms with Crippen LogP contribution >= 0.6 is 11.6 Å². The molecule has 2 atom stereocenters. The van der Waals surface area contributed by atoms with Crippen molar-refractivity contribution in [3.8, 4) is 5.75 Å². The van der Waals surface area contributed by atoms with Gasteiger partial charge in [0.25, 0.3) is 10.0 Å². The molecule has 43 heavy (non-hydrogen) atoms. The van der Waals surface area contributed by atoms with Crippen molar-refractivity contribution in [1.29, 1.82) is 0 Å². The highest BCUT2D eigenvalue weighted by atomic mass is 35.5. The fraction of sp³-hybridized carbons (Fsp3) is 0.481. The van der Waals surface area contributed by atoms with E-state index in [9.17, 15) is 35.6 Å². The number of hydrogen-bond acceptors (Lipinski definition) is 7. The number of nitrogens with one attached hydrogen (secondary N) is 2. The van der Waals surface area contributed by atoms with Gasteiger partial charge < -0.3 is 19.5 Å². The van der Waals surface area contributed by atoms with Crippen molar-refractivity contribution in [3.63, 3.8) is 0 Å². The zero-order valence-corrected chi connectivity index (χ0v) is 24.7. The van der Waals surface area contributed by atoms with Crippen LogP contribution < -0.4 is 19.7 Å². The number of nitrogens with zero attached hydrogens (tertiary/aromatic N) is 1. The lowest BCUT2D eigenvalue weighted by Crippen LogP contribution is -2.48. The molecular weight excluding hydrogens is 622 g/mol. The van der Waals surface area contributed by atoms with Crippen LogP contribution in [0.15, 0.2) is 41.3 Å². The average molecular weight is 652 g/mol. The molecule has 1 saturated heterocycles. The fourth-order valence-electron chi connectivity index (χ4n) is 4.45. The van der Waals surface area contributed by atoms with Gasteiger partial charge in [-0.25, -0.2) is 17.6 Å². The Morgan fingerprint density at radius 1 is 1.16 bits per heavy atom. The molecule has 0 aromatic heterocycles. The number of carbonyl (C=O) groups is 2. The second kappa shape index (κ2) is 12.7. The molecule has 0 spiro atoms. The number of alkyl halides is 3. The van der Waals surface area contributed by atoms with Gasteiger partial charge in [-0.05, 0) is 69.0 Å². The van der Waals surface area contributed by atoms with E-state index < -0.39 is 44.8 Å². The highest BCUT2D eigenvalue weighted by Crippen LogP contribution is 2.40. The summed E-state index contributed by atoms with van der Waals surface area (Å²) in [6, 6.07) is 6.62. The van der Waals surface area contributed by atoms with Crippen LogP contribution in [-0.4, -0.2) is 64.6 Å². The van der Waals surface area contributed by atoms with Gasteiger partial charge in [0.1, 0.15) is 17.7 Å². The third-order valence-electron chi connectivity index (χ3n) is 6.90. The summed E-state index contributed by atoms with van der Waals surface area (Å²) < 4.78 is 97.6. The van der Waals surface area contributed by atoms with Gasteiger partial charge in [-0.1, -0.05) is 11.6 Å².